The van der Waals surface area contributed by atoms with E-state index in [1.54, 1.807) is 0 Å². The van der Waals surface area contributed by atoms with Crippen molar-refractivity contribution in [3.8, 4) is 67.5 Å². The minimum absolute atomic E-state index is 0.629. The molecule has 11 aromatic rings. The van der Waals surface area contributed by atoms with Crippen molar-refractivity contribution >= 4 is 43.9 Å². The van der Waals surface area contributed by atoms with E-state index in [9.17, 15) is 0 Å². The molecule has 3 heterocycles. The number of furan rings is 2. The lowest BCUT2D eigenvalue weighted by molar-refractivity contribution is 0.669. The maximum atomic E-state index is 6.46. The zero-order chi connectivity index (χ0) is 37.0. The lowest BCUT2D eigenvalue weighted by Gasteiger charge is -2.10. The molecule has 0 atom stereocenters. The lowest BCUT2D eigenvalue weighted by atomic mass is 9.93. The van der Waals surface area contributed by atoms with E-state index >= 15 is 0 Å². The summed E-state index contributed by atoms with van der Waals surface area (Å²) in [6.45, 7) is 0. The molecule has 0 aliphatic rings. The molecule has 3 aromatic heterocycles. The van der Waals surface area contributed by atoms with Gasteiger partial charge in [-0.25, -0.2) is 15.0 Å². The van der Waals surface area contributed by atoms with Crippen LogP contribution in [0.5, 0.6) is 0 Å². The van der Waals surface area contributed by atoms with E-state index in [0.29, 0.717) is 17.5 Å². The Bertz CT molecular complexity index is 3180. The zero-order valence-corrected chi connectivity index (χ0v) is 30.1. The lowest BCUT2D eigenvalue weighted by Crippen LogP contribution is -2.00. The normalized spacial score (nSPS) is 11.6. The van der Waals surface area contributed by atoms with Gasteiger partial charge in [0.05, 0.1) is 0 Å². The Morgan fingerprint density at radius 2 is 0.661 bits per heavy atom. The van der Waals surface area contributed by atoms with Gasteiger partial charge in [0.1, 0.15) is 22.3 Å². The van der Waals surface area contributed by atoms with E-state index in [1.807, 2.05) is 72.8 Å². The van der Waals surface area contributed by atoms with Crippen LogP contribution >= 0.6 is 0 Å². The summed E-state index contributed by atoms with van der Waals surface area (Å²) in [5.41, 5.74) is 13.0. The Morgan fingerprint density at radius 3 is 1.30 bits per heavy atom. The van der Waals surface area contributed by atoms with Crippen LogP contribution in [0.25, 0.3) is 111 Å². The zero-order valence-electron chi connectivity index (χ0n) is 30.1. The van der Waals surface area contributed by atoms with Crippen molar-refractivity contribution in [2.45, 2.75) is 0 Å². The van der Waals surface area contributed by atoms with Crippen LogP contribution in [0, 0.1) is 0 Å². The summed E-state index contributed by atoms with van der Waals surface area (Å²) in [6.07, 6.45) is 0. The fourth-order valence-electron chi connectivity index (χ4n) is 7.75. The molecule has 0 unspecified atom stereocenters. The summed E-state index contributed by atoms with van der Waals surface area (Å²) >= 11 is 0. The average Bonchev–Trinajstić information content (AvgIpc) is 3.84. The second kappa shape index (κ2) is 13.0. The second-order valence-corrected chi connectivity index (χ2v) is 14.0. The predicted octanol–water partition coefficient (Wildman–Crippen LogP) is 13.7. The molecule has 0 saturated heterocycles. The Hall–Kier alpha value is -7.63. The number of fused-ring (bicyclic) bond motifs is 6. The first kappa shape index (κ1) is 31.9. The molecule has 8 aromatic carbocycles. The average molecular weight is 718 g/mol. The topological polar surface area (TPSA) is 65.0 Å². The standard InChI is InChI=1S/C51H31N3O2/c1-3-11-33(12-4-1)49-52-50(34-13-5-2-6-14-34)54-51(53-49)35-21-19-32(20-22-35)36-23-26-43-44-29-37(25-28-46(44)56-47(43)30-36)39-15-7-8-16-40(39)38-24-27-42-41-17-9-10-18-45(41)55-48(42)31-38/h1-31H. The maximum absolute atomic E-state index is 6.46. The molecule has 0 aliphatic heterocycles. The Balaban J connectivity index is 0.925. The molecule has 0 spiro atoms. The number of para-hydroxylation sites is 1. The van der Waals surface area contributed by atoms with Gasteiger partial charge in [-0.3, -0.25) is 0 Å². The van der Waals surface area contributed by atoms with Crippen molar-refractivity contribution in [2.75, 3.05) is 0 Å². The molecule has 0 N–H and O–H groups in total. The monoisotopic (exact) mass is 717 g/mol. The van der Waals surface area contributed by atoms with E-state index in [2.05, 4.69) is 115 Å². The number of aromatic nitrogens is 3. The van der Waals surface area contributed by atoms with E-state index in [4.69, 9.17) is 23.8 Å². The molecule has 0 radical (unpaired) electrons. The third kappa shape index (κ3) is 5.53. The smallest absolute Gasteiger partial charge is 0.164 e. The maximum Gasteiger partial charge on any atom is 0.164 e. The third-order valence-electron chi connectivity index (χ3n) is 10.6. The van der Waals surface area contributed by atoms with E-state index in [0.717, 1.165) is 93.9 Å². The van der Waals surface area contributed by atoms with Crippen LogP contribution in [0.3, 0.4) is 0 Å². The highest BCUT2D eigenvalue weighted by atomic mass is 16.3. The predicted molar refractivity (Wildman–Crippen MR) is 227 cm³/mol. The first-order valence-electron chi connectivity index (χ1n) is 18.7. The van der Waals surface area contributed by atoms with Crippen LogP contribution in [0.4, 0.5) is 0 Å². The molecule has 0 bridgehead atoms. The van der Waals surface area contributed by atoms with Crippen LogP contribution in [0.2, 0.25) is 0 Å². The molecule has 0 fully saturated rings. The Morgan fingerprint density at radius 1 is 0.250 bits per heavy atom. The van der Waals surface area contributed by atoms with Gasteiger partial charge in [0.15, 0.2) is 17.5 Å². The molecule has 11 rings (SSSR count). The quantitative estimate of drug-likeness (QED) is 0.171. The Kier molecular flexibility index (Phi) is 7.42. The van der Waals surface area contributed by atoms with E-state index in [-0.39, 0.29) is 0 Å². The van der Waals surface area contributed by atoms with Gasteiger partial charge in [0.25, 0.3) is 0 Å². The van der Waals surface area contributed by atoms with Crippen LogP contribution in [0.15, 0.2) is 197 Å². The highest BCUT2D eigenvalue weighted by molar-refractivity contribution is 6.09. The molecule has 5 nitrogen and oxygen atoms in total. The van der Waals surface area contributed by atoms with Gasteiger partial charge in [-0.2, -0.15) is 0 Å². The molecule has 56 heavy (non-hydrogen) atoms. The van der Waals surface area contributed by atoms with Crippen LogP contribution < -0.4 is 0 Å². The van der Waals surface area contributed by atoms with E-state index in [1.165, 1.54) is 0 Å². The summed E-state index contributed by atoms with van der Waals surface area (Å²) in [7, 11) is 0. The summed E-state index contributed by atoms with van der Waals surface area (Å²) in [5.74, 6) is 1.92. The van der Waals surface area contributed by atoms with Gasteiger partial charge in [-0.05, 0) is 75.8 Å². The summed E-state index contributed by atoms with van der Waals surface area (Å²) in [4.78, 5) is 14.6. The first-order chi connectivity index (χ1) is 27.7. The SMILES string of the molecule is c1ccc(-c2nc(-c3ccccc3)nc(-c3ccc(-c4ccc5c(c4)oc4ccc(-c6ccccc6-c6ccc7c(c6)oc6ccccc67)cc45)cc3)n2)cc1. The van der Waals surface area contributed by atoms with Crippen LogP contribution in [0.1, 0.15) is 0 Å². The van der Waals surface area contributed by atoms with Crippen molar-refractivity contribution in [2.24, 2.45) is 0 Å². The minimum Gasteiger partial charge on any atom is -0.456 e. The van der Waals surface area contributed by atoms with Gasteiger partial charge >= 0.3 is 0 Å². The van der Waals surface area contributed by atoms with Crippen molar-refractivity contribution < 1.29 is 8.83 Å². The Labute approximate surface area is 322 Å². The van der Waals surface area contributed by atoms with Crippen molar-refractivity contribution in [3.05, 3.63) is 188 Å². The number of benzene rings is 8. The number of hydrogen-bond donors (Lipinski definition) is 0. The third-order valence-corrected chi connectivity index (χ3v) is 10.6. The summed E-state index contributed by atoms with van der Waals surface area (Å²) < 4.78 is 12.7. The molecular weight excluding hydrogens is 687 g/mol. The fraction of sp³-hybridized carbons (Fsp3) is 0. The van der Waals surface area contributed by atoms with Crippen molar-refractivity contribution in [1.82, 2.24) is 15.0 Å². The molecule has 262 valence electrons. The molecular formula is C51H31N3O2. The number of hydrogen-bond acceptors (Lipinski definition) is 5. The van der Waals surface area contributed by atoms with Crippen molar-refractivity contribution in [1.29, 1.82) is 0 Å². The van der Waals surface area contributed by atoms with Crippen LogP contribution in [-0.4, -0.2) is 15.0 Å². The van der Waals surface area contributed by atoms with Gasteiger partial charge in [-0.15, -0.1) is 0 Å². The molecule has 0 saturated carbocycles. The highest BCUT2D eigenvalue weighted by Crippen LogP contribution is 2.40. The molecule has 5 heteroatoms. The van der Waals surface area contributed by atoms with Gasteiger partial charge in [0.2, 0.25) is 0 Å². The second-order valence-electron chi connectivity index (χ2n) is 14.0. The summed E-state index contributed by atoms with van der Waals surface area (Å²) in [5, 5.41) is 4.42. The van der Waals surface area contributed by atoms with Gasteiger partial charge < -0.3 is 8.83 Å². The number of rotatable bonds is 6. The van der Waals surface area contributed by atoms with E-state index < -0.39 is 0 Å². The van der Waals surface area contributed by atoms with Gasteiger partial charge in [-0.1, -0.05) is 146 Å². The fourth-order valence-corrected chi connectivity index (χ4v) is 7.75. The van der Waals surface area contributed by atoms with Crippen molar-refractivity contribution in [3.63, 3.8) is 0 Å². The molecule has 0 amide bonds. The minimum atomic E-state index is 0.629. The first-order valence-corrected chi connectivity index (χ1v) is 18.7. The molecule has 0 aliphatic carbocycles. The van der Waals surface area contributed by atoms with Crippen LogP contribution in [-0.2, 0) is 0 Å². The largest absolute Gasteiger partial charge is 0.456 e. The van der Waals surface area contributed by atoms with Gasteiger partial charge in [0, 0.05) is 38.2 Å². The summed E-state index contributed by atoms with van der Waals surface area (Å²) in [6, 6.07) is 64.7. The number of nitrogens with zero attached hydrogens (tertiary/aromatic N) is 3. The highest BCUT2D eigenvalue weighted by Gasteiger charge is 2.16.